The highest BCUT2D eigenvalue weighted by Gasteiger charge is 2.44. The second kappa shape index (κ2) is 7.40. The molecule has 0 saturated heterocycles. The Morgan fingerprint density at radius 3 is 2.80 bits per heavy atom. The minimum Gasteiger partial charge on any atom is -0.378 e. The highest BCUT2D eigenvalue weighted by atomic mass is 19.1. The van der Waals surface area contributed by atoms with Crippen LogP contribution in [-0.4, -0.2) is 29.5 Å². The first-order valence-corrected chi connectivity index (χ1v) is 8.03. The van der Waals surface area contributed by atoms with Gasteiger partial charge in [0.05, 0.1) is 23.4 Å². The minimum absolute atomic E-state index is 0.0925. The van der Waals surface area contributed by atoms with Gasteiger partial charge in [0.2, 0.25) is 5.91 Å². The molecule has 3 rings (SSSR count). The van der Waals surface area contributed by atoms with Crippen molar-refractivity contribution in [3.8, 4) is 0 Å². The second-order valence-corrected chi connectivity index (χ2v) is 5.68. The number of nitrogens with zero attached hydrogens (tertiary/aromatic N) is 1. The first kappa shape index (κ1) is 17.0. The summed E-state index contributed by atoms with van der Waals surface area (Å²) in [5, 5.41) is 5.31. The summed E-state index contributed by atoms with van der Waals surface area (Å²) in [6.45, 7) is 2.41. The lowest BCUT2D eigenvalue weighted by molar-refractivity contribution is -0.118. The van der Waals surface area contributed by atoms with Gasteiger partial charge in [-0.15, -0.1) is 0 Å². The molecule has 0 spiro atoms. The van der Waals surface area contributed by atoms with Crippen LogP contribution in [0, 0.1) is 11.7 Å². The fourth-order valence-corrected chi connectivity index (χ4v) is 2.48. The number of hydrogen-bond acceptors (Lipinski definition) is 4. The maximum atomic E-state index is 13.6. The van der Waals surface area contributed by atoms with Crippen LogP contribution in [0.1, 0.15) is 23.8 Å². The van der Waals surface area contributed by atoms with Crippen LogP contribution in [-0.2, 0) is 9.53 Å². The number of carbonyl (C=O) groups is 2. The molecular weight excluding hydrogens is 325 g/mol. The zero-order valence-electron chi connectivity index (χ0n) is 13.7. The number of amides is 2. The van der Waals surface area contributed by atoms with Crippen LogP contribution in [0.4, 0.5) is 15.8 Å². The monoisotopic (exact) mass is 343 g/mol. The SMILES string of the molecule is CCO[C@H]1C[C@@H]1C(=O)Nc1cc(F)ccc1NC(=O)c1ccccn1. The second-order valence-electron chi connectivity index (χ2n) is 5.68. The normalized spacial score (nSPS) is 18.5. The molecule has 1 aromatic carbocycles. The Bertz CT molecular complexity index is 782. The number of nitrogens with one attached hydrogen (secondary N) is 2. The maximum Gasteiger partial charge on any atom is 0.274 e. The van der Waals surface area contributed by atoms with Gasteiger partial charge in [-0.2, -0.15) is 0 Å². The maximum absolute atomic E-state index is 13.6. The summed E-state index contributed by atoms with van der Waals surface area (Å²) in [5.41, 5.74) is 0.734. The Balaban J connectivity index is 1.72. The predicted octanol–water partition coefficient (Wildman–Crippen LogP) is 2.84. The zero-order chi connectivity index (χ0) is 17.8. The number of carbonyl (C=O) groups excluding carboxylic acids is 2. The largest absolute Gasteiger partial charge is 0.378 e. The van der Waals surface area contributed by atoms with Crippen molar-refractivity contribution in [1.82, 2.24) is 4.98 Å². The molecule has 1 aliphatic rings. The van der Waals surface area contributed by atoms with E-state index in [1.807, 2.05) is 6.92 Å². The van der Waals surface area contributed by atoms with Crippen LogP contribution in [0.2, 0.25) is 0 Å². The first-order valence-electron chi connectivity index (χ1n) is 8.03. The van der Waals surface area contributed by atoms with Gasteiger partial charge in [-0.05, 0) is 43.7 Å². The van der Waals surface area contributed by atoms with E-state index < -0.39 is 11.7 Å². The third-order valence-electron chi connectivity index (χ3n) is 3.83. The van der Waals surface area contributed by atoms with Crippen molar-refractivity contribution in [2.24, 2.45) is 5.92 Å². The van der Waals surface area contributed by atoms with Crippen molar-refractivity contribution in [1.29, 1.82) is 0 Å². The standard InChI is InChI=1S/C18H18FN3O3/c1-2-25-16-10-12(16)17(23)22-15-9-11(19)6-7-13(15)21-18(24)14-5-3-4-8-20-14/h3-9,12,16H,2,10H2,1H3,(H,21,24)(H,22,23)/t12-,16-/m0/s1. The van der Waals surface area contributed by atoms with Gasteiger partial charge in [-0.3, -0.25) is 14.6 Å². The van der Waals surface area contributed by atoms with Crippen LogP contribution in [0.5, 0.6) is 0 Å². The minimum atomic E-state index is -0.511. The van der Waals surface area contributed by atoms with Crippen molar-refractivity contribution < 1.29 is 18.7 Å². The number of halogens is 1. The van der Waals surface area contributed by atoms with E-state index in [-0.39, 0.29) is 29.3 Å². The van der Waals surface area contributed by atoms with Crippen molar-refractivity contribution >= 4 is 23.2 Å². The van der Waals surface area contributed by atoms with E-state index in [2.05, 4.69) is 15.6 Å². The number of aromatic nitrogens is 1. The third kappa shape index (κ3) is 4.19. The number of hydrogen-bond donors (Lipinski definition) is 2. The molecule has 0 aliphatic heterocycles. The van der Waals surface area contributed by atoms with Gasteiger partial charge in [0.25, 0.3) is 5.91 Å². The Morgan fingerprint density at radius 2 is 2.08 bits per heavy atom. The van der Waals surface area contributed by atoms with E-state index in [1.54, 1.807) is 18.2 Å². The van der Waals surface area contributed by atoms with E-state index in [0.29, 0.717) is 18.7 Å². The van der Waals surface area contributed by atoms with Gasteiger partial charge in [0.1, 0.15) is 11.5 Å². The van der Waals surface area contributed by atoms with Crippen LogP contribution in [0.3, 0.4) is 0 Å². The van der Waals surface area contributed by atoms with Crippen LogP contribution < -0.4 is 10.6 Å². The van der Waals surface area contributed by atoms with E-state index >= 15 is 0 Å². The molecule has 0 unspecified atom stereocenters. The van der Waals surface area contributed by atoms with Gasteiger partial charge < -0.3 is 15.4 Å². The fraction of sp³-hybridized carbons (Fsp3) is 0.278. The molecule has 1 saturated carbocycles. The highest BCUT2D eigenvalue weighted by Crippen LogP contribution is 2.35. The number of benzene rings is 1. The molecular formula is C18H18FN3O3. The molecule has 6 nitrogen and oxygen atoms in total. The molecule has 2 N–H and O–H groups in total. The topological polar surface area (TPSA) is 80.3 Å². The van der Waals surface area contributed by atoms with E-state index in [1.165, 1.54) is 24.4 Å². The number of anilines is 2. The van der Waals surface area contributed by atoms with Crippen molar-refractivity contribution in [3.63, 3.8) is 0 Å². The van der Waals surface area contributed by atoms with Gasteiger partial charge >= 0.3 is 0 Å². The zero-order valence-corrected chi connectivity index (χ0v) is 13.7. The molecule has 130 valence electrons. The molecule has 1 fully saturated rings. The molecule has 0 bridgehead atoms. The Morgan fingerprint density at radius 1 is 1.24 bits per heavy atom. The lowest BCUT2D eigenvalue weighted by Gasteiger charge is -2.12. The van der Waals surface area contributed by atoms with Gasteiger partial charge in [0.15, 0.2) is 0 Å². The highest BCUT2D eigenvalue weighted by molar-refractivity contribution is 6.06. The van der Waals surface area contributed by atoms with Gasteiger partial charge in [0, 0.05) is 12.8 Å². The summed E-state index contributed by atoms with van der Waals surface area (Å²) in [5.74, 6) is -1.45. The molecule has 1 aliphatic carbocycles. The third-order valence-corrected chi connectivity index (χ3v) is 3.83. The lowest BCUT2D eigenvalue weighted by Crippen LogP contribution is -2.20. The summed E-state index contributed by atoms with van der Waals surface area (Å²) >= 11 is 0. The van der Waals surface area contributed by atoms with Crippen molar-refractivity contribution in [2.75, 3.05) is 17.2 Å². The predicted molar refractivity (Wildman–Crippen MR) is 90.7 cm³/mol. The van der Waals surface area contributed by atoms with Crippen molar-refractivity contribution in [2.45, 2.75) is 19.4 Å². The van der Waals surface area contributed by atoms with E-state index in [4.69, 9.17) is 4.74 Å². The molecule has 1 aromatic heterocycles. The van der Waals surface area contributed by atoms with Crippen LogP contribution in [0.15, 0.2) is 42.6 Å². The molecule has 1 heterocycles. The smallest absolute Gasteiger partial charge is 0.274 e. The summed E-state index contributed by atoms with van der Waals surface area (Å²) in [4.78, 5) is 28.4. The molecule has 2 atom stereocenters. The lowest BCUT2D eigenvalue weighted by atomic mass is 10.2. The van der Waals surface area contributed by atoms with Crippen LogP contribution in [0.25, 0.3) is 0 Å². The Hall–Kier alpha value is -2.80. The molecule has 2 amide bonds. The van der Waals surface area contributed by atoms with Crippen LogP contribution >= 0.6 is 0 Å². The fourth-order valence-electron chi connectivity index (χ4n) is 2.48. The average molecular weight is 343 g/mol. The van der Waals surface area contributed by atoms with E-state index in [9.17, 15) is 14.0 Å². The van der Waals surface area contributed by atoms with Gasteiger partial charge in [-0.1, -0.05) is 6.07 Å². The Kier molecular flexibility index (Phi) is 5.04. The quantitative estimate of drug-likeness (QED) is 0.845. The number of rotatable bonds is 6. The first-order chi connectivity index (χ1) is 12.1. The molecule has 7 heteroatoms. The van der Waals surface area contributed by atoms with Gasteiger partial charge in [-0.25, -0.2) is 4.39 Å². The molecule has 25 heavy (non-hydrogen) atoms. The summed E-state index contributed by atoms with van der Waals surface area (Å²) in [6, 6.07) is 8.74. The number of ether oxygens (including phenoxy) is 1. The summed E-state index contributed by atoms with van der Waals surface area (Å²) in [6.07, 6.45) is 2.05. The summed E-state index contributed by atoms with van der Waals surface area (Å²) < 4.78 is 19.0. The molecule has 0 radical (unpaired) electrons. The summed E-state index contributed by atoms with van der Waals surface area (Å²) in [7, 11) is 0. The van der Waals surface area contributed by atoms with E-state index in [0.717, 1.165) is 0 Å². The molecule has 2 aromatic rings. The average Bonchev–Trinajstić information content (AvgIpc) is 3.38. The van der Waals surface area contributed by atoms with Crippen molar-refractivity contribution in [3.05, 3.63) is 54.1 Å². The number of pyridine rings is 1. The Labute approximate surface area is 144 Å².